The van der Waals surface area contributed by atoms with E-state index in [2.05, 4.69) is 15.5 Å². The molecule has 1 aliphatic carbocycles. The van der Waals surface area contributed by atoms with Gasteiger partial charge in [-0.05, 0) is 12.8 Å². The van der Waals surface area contributed by atoms with E-state index in [0.717, 1.165) is 25.7 Å². The van der Waals surface area contributed by atoms with Crippen molar-refractivity contribution in [3.8, 4) is 0 Å². The van der Waals surface area contributed by atoms with Gasteiger partial charge < -0.3 is 10.4 Å². The molecule has 1 aliphatic rings. The topological polar surface area (TPSA) is 128 Å². The molecule has 20 heavy (non-hydrogen) atoms. The number of hydrogen-bond donors (Lipinski definition) is 4. The first-order valence-corrected chi connectivity index (χ1v) is 6.70. The third-order valence-corrected chi connectivity index (χ3v) is 3.82. The summed E-state index contributed by atoms with van der Waals surface area (Å²) in [5, 5.41) is 18.0. The van der Waals surface area contributed by atoms with Crippen molar-refractivity contribution in [3.05, 3.63) is 20.8 Å². The van der Waals surface area contributed by atoms with Crippen LogP contribution in [0.5, 0.6) is 0 Å². The Morgan fingerprint density at radius 3 is 2.45 bits per heavy atom. The van der Waals surface area contributed by atoms with Crippen LogP contribution in [-0.4, -0.2) is 32.8 Å². The van der Waals surface area contributed by atoms with Gasteiger partial charge in [-0.1, -0.05) is 25.7 Å². The highest BCUT2D eigenvalue weighted by Gasteiger charge is 2.38. The Labute approximate surface area is 114 Å². The van der Waals surface area contributed by atoms with Gasteiger partial charge in [-0.2, -0.15) is 0 Å². The molecule has 0 aliphatic heterocycles. The van der Waals surface area contributed by atoms with Gasteiger partial charge >= 0.3 is 11.7 Å². The number of aliphatic carboxylic acids is 1. The van der Waals surface area contributed by atoms with Gasteiger partial charge in [0.05, 0.1) is 5.41 Å². The number of H-pyrrole nitrogens is 2. The monoisotopic (exact) mass is 282 g/mol. The number of carbonyl (C=O) groups is 1. The molecule has 1 saturated carbocycles. The van der Waals surface area contributed by atoms with E-state index in [0.29, 0.717) is 12.8 Å². The van der Waals surface area contributed by atoms with Crippen molar-refractivity contribution in [2.75, 3.05) is 11.9 Å². The molecule has 0 radical (unpaired) electrons. The number of nitrogens with one attached hydrogen (secondary N) is 3. The van der Waals surface area contributed by atoms with Crippen LogP contribution >= 0.6 is 0 Å². The Morgan fingerprint density at radius 2 is 1.90 bits per heavy atom. The van der Waals surface area contributed by atoms with E-state index in [-0.39, 0.29) is 12.4 Å². The smallest absolute Gasteiger partial charge is 0.342 e. The average Bonchev–Trinajstić information content (AvgIpc) is 2.64. The summed E-state index contributed by atoms with van der Waals surface area (Å²) >= 11 is 0. The van der Waals surface area contributed by atoms with E-state index < -0.39 is 22.6 Å². The number of rotatable bonds is 4. The van der Waals surface area contributed by atoms with Crippen LogP contribution in [0.15, 0.2) is 9.59 Å². The van der Waals surface area contributed by atoms with Crippen LogP contribution < -0.4 is 16.6 Å². The van der Waals surface area contributed by atoms with E-state index >= 15 is 0 Å². The summed E-state index contributed by atoms with van der Waals surface area (Å²) in [6, 6.07) is 0. The summed E-state index contributed by atoms with van der Waals surface area (Å²) in [5.74, 6) is -0.915. The van der Waals surface area contributed by atoms with Crippen LogP contribution in [0.4, 0.5) is 5.82 Å². The minimum Gasteiger partial charge on any atom is -0.481 e. The Morgan fingerprint density at radius 1 is 1.25 bits per heavy atom. The third kappa shape index (κ3) is 3.06. The quantitative estimate of drug-likeness (QED) is 0.588. The molecule has 1 aromatic heterocycles. The summed E-state index contributed by atoms with van der Waals surface area (Å²) in [6.45, 7) is 0.129. The molecule has 0 spiro atoms. The number of aromatic amines is 2. The third-order valence-electron chi connectivity index (χ3n) is 3.82. The van der Waals surface area contributed by atoms with Crippen molar-refractivity contribution in [3.63, 3.8) is 0 Å². The maximum atomic E-state index is 11.6. The molecule has 0 aromatic carbocycles. The molecule has 0 bridgehead atoms. The minimum atomic E-state index is -0.874. The van der Waals surface area contributed by atoms with Gasteiger partial charge in [-0.15, -0.1) is 5.10 Å². The summed E-state index contributed by atoms with van der Waals surface area (Å²) < 4.78 is 0. The van der Waals surface area contributed by atoms with Crippen LogP contribution in [0, 0.1) is 5.41 Å². The predicted molar refractivity (Wildman–Crippen MR) is 71.7 cm³/mol. The number of carboxylic acids is 1. The zero-order valence-electron chi connectivity index (χ0n) is 11.1. The van der Waals surface area contributed by atoms with E-state index in [4.69, 9.17) is 0 Å². The fourth-order valence-corrected chi connectivity index (χ4v) is 2.59. The Balaban J connectivity index is 2.14. The minimum absolute atomic E-state index is 0.0607. The maximum Gasteiger partial charge on any atom is 0.342 e. The van der Waals surface area contributed by atoms with Gasteiger partial charge in [0.15, 0.2) is 0 Å². The summed E-state index contributed by atoms with van der Waals surface area (Å²) in [7, 11) is 0. The number of hydrogen-bond acceptors (Lipinski definition) is 5. The second-order valence-electron chi connectivity index (χ2n) is 5.21. The lowest BCUT2D eigenvalue weighted by Crippen LogP contribution is -2.39. The highest BCUT2D eigenvalue weighted by atomic mass is 16.4. The molecule has 0 saturated heterocycles. The molecule has 8 nitrogen and oxygen atoms in total. The standard InChI is InChI=1S/C12H18N4O4/c17-9-8(15-16-11(20)14-9)13-7-12(10(18)19)5-3-1-2-4-6-12/h1-7H2,(H,13,15)(H,18,19)(H2,14,16,17,20). The van der Waals surface area contributed by atoms with Crippen LogP contribution in [0.1, 0.15) is 38.5 Å². The van der Waals surface area contributed by atoms with Gasteiger partial charge in [-0.25, -0.2) is 9.89 Å². The van der Waals surface area contributed by atoms with Crippen LogP contribution in [-0.2, 0) is 4.79 Å². The van der Waals surface area contributed by atoms with E-state index in [1.165, 1.54) is 0 Å². The summed E-state index contributed by atoms with van der Waals surface area (Å²) in [6.07, 6.45) is 4.96. The first-order chi connectivity index (χ1) is 9.53. The van der Waals surface area contributed by atoms with Crippen molar-refractivity contribution in [2.45, 2.75) is 38.5 Å². The molecule has 0 atom stereocenters. The second-order valence-corrected chi connectivity index (χ2v) is 5.21. The number of nitrogens with zero attached hydrogens (tertiary/aromatic N) is 1. The van der Waals surface area contributed by atoms with Crippen LogP contribution in [0.3, 0.4) is 0 Å². The Kier molecular flexibility index (Phi) is 4.21. The van der Waals surface area contributed by atoms with Crippen molar-refractivity contribution >= 4 is 11.8 Å². The van der Waals surface area contributed by atoms with Gasteiger partial charge in [-0.3, -0.25) is 14.6 Å². The van der Waals surface area contributed by atoms with E-state index in [9.17, 15) is 19.5 Å². The normalized spacial score (nSPS) is 18.2. The molecule has 0 unspecified atom stereocenters. The molecule has 1 aromatic rings. The SMILES string of the molecule is O=C(O)C1(CNc2n[nH]c(=O)[nH]c2=O)CCCCCC1. The molecular weight excluding hydrogens is 264 g/mol. The molecule has 0 amide bonds. The molecule has 1 fully saturated rings. The zero-order valence-corrected chi connectivity index (χ0v) is 11.1. The molecule has 1 heterocycles. The van der Waals surface area contributed by atoms with Crippen molar-refractivity contribution in [1.82, 2.24) is 15.2 Å². The fraction of sp³-hybridized carbons (Fsp3) is 0.667. The second kappa shape index (κ2) is 5.89. The first kappa shape index (κ1) is 14.3. The fourth-order valence-electron chi connectivity index (χ4n) is 2.59. The van der Waals surface area contributed by atoms with Crippen molar-refractivity contribution in [2.24, 2.45) is 5.41 Å². The van der Waals surface area contributed by atoms with Gasteiger partial charge in [0.2, 0.25) is 5.82 Å². The lowest BCUT2D eigenvalue weighted by molar-refractivity contribution is -0.149. The number of aromatic nitrogens is 3. The predicted octanol–water partition coefficient (Wildman–Crippen LogP) is 0.295. The molecule has 8 heteroatoms. The number of carboxylic acid groups (broad SMARTS) is 1. The maximum absolute atomic E-state index is 11.6. The van der Waals surface area contributed by atoms with Crippen LogP contribution in [0.2, 0.25) is 0 Å². The molecule has 2 rings (SSSR count). The largest absolute Gasteiger partial charge is 0.481 e. The number of anilines is 1. The van der Waals surface area contributed by atoms with Gasteiger partial charge in [0.1, 0.15) is 0 Å². The molecule has 110 valence electrons. The van der Waals surface area contributed by atoms with Gasteiger partial charge in [0, 0.05) is 6.54 Å². The summed E-state index contributed by atoms with van der Waals surface area (Å²) in [4.78, 5) is 36.0. The van der Waals surface area contributed by atoms with Crippen molar-refractivity contribution < 1.29 is 9.90 Å². The summed E-state index contributed by atoms with van der Waals surface area (Å²) in [5.41, 5.74) is -2.22. The van der Waals surface area contributed by atoms with Gasteiger partial charge in [0.25, 0.3) is 5.56 Å². The molecular formula is C12H18N4O4. The molecule has 4 N–H and O–H groups in total. The Hall–Kier alpha value is -2.12. The highest BCUT2D eigenvalue weighted by molar-refractivity contribution is 5.75. The first-order valence-electron chi connectivity index (χ1n) is 6.70. The Bertz CT molecular complexity index is 584. The zero-order chi connectivity index (χ0) is 14.6. The van der Waals surface area contributed by atoms with Crippen molar-refractivity contribution in [1.29, 1.82) is 0 Å². The van der Waals surface area contributed by atoms with E-state index in [1.54, 1.807) is 0 Å². The lowest BCUT2D eigenvalue weighted by Gasteiger charge is -2.28. The highest BCUT2D eigenvalue weighted by Crippen LogP contribution is 2.35. The average molecular weight is 282 g/mol. The lowest BCUT2D eigenvalue weighted by atomic mass is 9.80. The van der Waals surface area contributed by atoms with E-state index in [1.807, 2.05) is 4.98 Å². The van der Waals surface area contributed by atoms with Crippen LogP contribution in [0.25, 0.3) is 0 Å².